The highest BCUT2D eigenvalue weighted by molar-refractivity contribution is 6.17. The number of nitrogen functional groups attached to an aromatic ring is 1. The zero-order chi connectivity index (χ0) is 21.3. The summed E-state index contributed by atoms with van der Waals surface area (Å²) in [5, 5.41) is 15.5. The molecule has 0 saturated carbocycles. The number of imidazole rings is 1. The fourth-order valence-electron chi connectivity index (χ4n) is 3.06. The van der Waals surface area contributed by atoms with Crippen molar-refractivity contribution in [2.75, 3.05) is 5.73 Å². The molecule has 30 heavy (non-hydrogen) atoms. The number of fused-ring (bicyclic) bond motifs is 1. The second-order valence-electron chi connectivity index (χ2n) is 6.53. The highest BCUT2D eigenvalue weighted by Gasteiger charge is 2.19. The Kier molecular flexibility index (Phi) is 5.16. The molecule has 3 aromatic heterocycles. The molecular weight excluding hydrogens is 402 g/mol. The van der Waals surface area contributed by atoms with Gasteiger partial charge >= 0.3 is 0 Å². The first kappa shape index (κ1) is 19.5. The van der Waals surface area contributed by atoms with E-state index in [1.54, 1.807) is 24.4 Å². The molecule has 0 aliphatic rings. The number of hydrogen-bond acceptors (Lipinski definition) is 7. The van der Waals surface area contributed by atoms with Gasteiger partial charge in [0, 0.05) is 24.7 Å². The Labute approximate surface area is 177 Å². The van der Waals surface area contributed by atoms with Crippen LogP contribution in [-0.2, 0) is 10.6 Å². The lowest BCUT2D eigenvalue weighted by Crippen LogP contribution is -2.11. The van der Waals surface area contributed by atoms with Gasteiger partial charge in [-0.1, -0.05) is 12.1 Å². The average molecular weight is 420 g/mol. The lowest BCUT2D eigenvalue weighted by molar-refractivity contribution is 0.530. The molecule has 0 atom stereocenters. The van der Waals surface area contributed by atoms with E-state index in [2.05, 4.69) is 9.97 Å². The van der Waals surface area contributed by atoms with E-state index in [9.17, 15) is 0 Å². The number of ether oxygens (including phenoxy) is 1. The van der Waals surface area contributed by atoms with Crippen molar-refractivity contribution in [3.8, 4) is 17.1 Å². The molecule has 8 nitrogen and oxygen atoms in total. The molecule has 0 aliphatic carbocycles. The van der Waals surface area contributed by atoms with Gasteiger partial charge in [0.15, 0.2) is 17.4 Å². The minimum absolute atomic E-state index is 0.0871. The van der Waals surface area contributed by atoms with E-state index in [1.165, 1.54) is 6.92 Å². The van der Waals surface area contributed by atoms with E-state index in [0.29, 0.717) is 39.9 Å². The summed E-state index contributed by atoms with van der Waals surface area (Å²) in [6, 6.07) is 14.7. The fourth-order valence-corrected chi connectivity index (χ4v) is 3.23. The van der Waals surface area contributed by atoms with Gasteiger partial charge in [-0.15, -0.1) is 11.6 Å². The number of nitrogens with one attached hydrogen (secondary N) is 2. The third kappa shape index (κ3) is 3.60. The molecule has 0 unspecified atom stereocenters. The molecule has 0 aliphatic heterocycles. The zero-order valence-corrected chi connectivity index (χ0v) is 16.8. The number of aromatic nitrogens is 4. The normalized spacial score (nSPS) is 10.9. The predicted molar refractivity (Wildman–Crippen MR) is 117 cm³/mol. The van der Waals surface area contributed by atoms with Crippen LogP contribution in [0, 0.1) is 10.8 Å². The number of rotatable bonds is 4. The molecule has 4 aromatic rings. The van der Waals surface area contributed by atoms with Crippen molar-refractivity contribution >= 4 is 40.4 Å². The molecule has 9 heteroatoms. The second-order valence-corrected chi connectivity index (χ2v) is 6.80. The van der Waals surface area contributed by atoms with Gasteiger partial charge in [-0.25, -0.2) is 15.0 Å². The first-order chi connectivity index (χ1) is 14.5. The number of nitrogens with zero attached hydrogens (tertiary/aromatic N) is 4. The topological polar surface area (TPSA) is 127 Å². The Balaban J connectivity index is 1.97. The minimum Gasteiger partial charge on any atom is -0.424 e. The first-order valence-electron chi connectivity index (χ1n) is 9.05. The predicted octanol–water partition coefficient (Wildman–Crippen LogP) is 4.14. The minimum atomic E-state index is -0.211. The van der Waals surface area contributed by atoms with Gasteiger partial charge in [0.05, 0.1) is 5.56 Å². The Morgan fingerprint density at radius 3 is 2.53 bits per heavy atom. The summed E-state index contributed by atoms with van der Waals surface area (Å²) in [6.45, 7) is 1.46. The Bertz CT molecular complexity index is 1260. The molecule has 4 rings (SSSR count). The van der Waals surface area contributed by atoms with Crippen LogP contribution in [0.25, 0.3) is 28.2 Å². The van der Waals surface area contributed by atoms with Gasteiger partial charge in [0.2, 0.25) is 5.90 Å². The SMILES string of the molecule is CC(=N)OC(=N)c1ccc2nc(-c3cccnc3N)n(-c3ccc(CCl)cc3)c2n1. The largest absolute Gasteiger partial charge is 0.424 e. The molecule has 1 aromatic carbocycles. The van der Waals surface area contributed by atoms with Crippen molar-refractivity contribution in [3.63, 3.8) is 0 Å². The molecule has 3 heterocycles. The van der Waals surface area contributed by atoms with Crippen LogP contribution in [0.4, 0.5) is 5.82 Å². The van der Waals surface area contributed by atoms with Crippen LogP contribution in [0.15, 0.2) is 54.7 Å². The number of anilines is 1. The van der Waals surface area contributed by atoms with E-state index >= 15 is 0 Å². The summed E-state index contributed by atoms with van der Waals surface area (Å²) in [4.78, 5) is 13.5. The standard InChI is InChI=1S/C21H18ClN7O/c1-12(23)30-19(25)16-8-9-17-21(27-16)29(14-6-4-13(11-22)5-7-14)20(28-17)15-3-2-10-26-18(15)24/h2-10,23,25H,11H2,1H3,(H2,24,26). The highest BCUT2D eigenvalue weighted by Crippen LogP contribution is 2.30. The van der Waals surface area contributed by atoms with E-state index in [4.69, 9.17) is 37.9 Å². The van der Waals surface area contributed by atoms with Crippen LogP contribution in [-0.4, -0.2) is 31.3 Å². The van der Waals surface area contributed by atoms with Gasteiger partial charge < -0.3 is 10.5 Å². The monoisotopic (exact) mass is 419 g/mol. The van der Waals surface area contributed by atoms with Gasteiger partial charge in [-0.05, 0) is 42.0 Å². The number of pyridine rings is 2. The van der Waals surface area contributed by atoms with Crippen LogP contribution in [0.5, 0.6) is 0 Å². The third-order valence-electron chi connectivity index (χ3n) is 4.42. The molecule has 0 saturated heterocycles. The van der Waals surface area contributed by atoms with E-state index in [1.807, 2.05) is 34.9 Å². The van der Waals surface area contributed by atoms with Crippen molar-refractivity contribution in [2.45, 2.75) is 12.8 Å². The summed E-state index contributed by atoms with van der Waals surface area (Å²) >= 11 is 5.93. The number of alkyl halides is 1. The second kappa shape index (κ2) is 7.92. The fraction of sp³-hybridized carbons (Fsp3) is 0.0952. The van der Waals surface area contributed by atoms with Crippen LogP contribution < -0.4 is 5.73 Å². The van der Waals surface area contributed by atoms with Crippen LogP contribution in [0.2, 0.25) is 0 Å². The van der Waals surface area contributed by atoms with E-state index < -0.39 is 0 Å². The van der Waals surface area contributed by atoms with Crippen LogP contribution >= 0.6 is 11.6 Å². The van der Waals surface area contributed by atoms with Crippen molar-refractivity contribution in [1.29, 1.82) is 10.8 Å². The van der Waals surface area contributed by atoms with Crippen molar-refractivity contribution in [1.82, 2.24) is 19.5 Å². The van der Waals surface area contributed by atoms with E-state index in [-0.39, 0.29) is 11.8 Å². The van der Waals surface area contributed by atoms with Gasteiger partial charge in [-0.2, -0.15) is 0 Å². The number of benzene rings is 1. The van der Waals surface area contributed by atoms with Crippen molar-refractivity contribution < 1.29 is 4.74 Å². The number of nitrogens with two attached hydrogens (primary N) is 1. The Morgan fingerprint density at radius 2 is 1.87 bits per heavy atom. The summed E-state index contributed by atoms with van der Waals surface area (Å²) < 4.78 is 6.96. The molecular formula is C21H18ClN7O. The zero-order valence-electron chi connectivity index (χ0n) is 16.1. The molecule has 0 spiro atoms. The lowest BCUT2D eigenvalue weighted by Gasteiger charge is -2.11. The van der Waals surface area contributed by atoms with Gasteiger partial charge in [0.1, 0.15) is 17.0 Å². The van der Waals surface area contributed by atoms with Crippen molar-refractivity contribution in [2.24, 2.45) is 0 Å². The Hall–Kier alpha value is -3.78. The van der Waals surface area contributed by atoms with Crippen molar-refractivity contribution in [3.05, 3.63) is 66.0 Å². The highest BCUT2D eigenvalue weighted by atomic mass is 35.5. The average Bonchev–Trinajstić information content (AvgIpc) is 3.12. The third-order valence-corrected chi connectivity index (χ3v) is 4.73. The maximum absolute atomic E-state index is 8.07. The number of hydrogen-bond donors (Lipinski definition) is 3. The molecule has 150 valence electrons. The maximum atomic E-state index is 8.07. The molecule has 0 amide bonds. The maximum Gasteiger partial charge on any atom is 0.239 e. The smallest absolute Gasteiger partial charge is 0.239 e. The summed E-state index contributed by atoms with van der Waals surface area (Å²) in [7, 11) is 0. The Morgan fingerprint density at radius 1 is 1.10 bits per heavy atom. The summed E-state index contributed by atoms with van der Waals surface area (Å²) in [5.41, 5.74) is 10.0. The quantitative estimate of drug-likeness (QED) is 0.260. The molecule has 0 radical (unpaired) electrons. The summed E-state index contributed by atoms with van der Waals surface area (Å²) in [6.07, 6.45) is 1.62. The lowest BCUT2D eigenvalue weighted by atomic mass is 10.2. The molecule has 0 bridgehead atoms. The van der Waals surface area contributed by atoms with Gasteiger partial charge in [-0.3, -0.25) is 15.4 Å². The van der Waals surface area contributed by atoms with Crippen LogP contribution in [0.3, 0.4) is 0 Å². The van der Waals surface area contributed by atoms with E-state index in [0.717, 1.165) is 11.3 Å². The van der Waals surface area contributed by atoms with Gasteiger partial charge in [0.25, 0.3) is 0 Å². The number of halogens is 1. The summed E-state index contributed by atoms with van der Waals surface area (Å²) in [5.74, 6) is 1.04. The molecule has 4 N–H and O–H groups in total. The van der Waals surface area contributed by atoms with Crippen LogP contribution in [0.1, 0.15) is 18.2 Å². The first-order valence-corrected chi connectivity index (χ1v) is 9.59. The molecule has 0 fully saturated rings.